The van der Waals surface area contributed by atoms with Crippen LogP contribution in [0.2, 0.25) is 0 Å². The van der Waals surface area contributed by atoms with Crippen LogP contribution in [0.25, 0.3) is 11.1 Å². The van der Waals surface area contributed by atoms with Crippen LogP contribution in [-0.4, -0.2) is 101 Å². The number of nitrogens with one attached hydrogen (secondary N) is 4. The molecule has 0 aliphatic rings. The molecule has 8 N–H and O–H groups in total. The molecule has 0 aliphatic carbocycles. The number of nitrogens with two attached hydrogens (primary N) is 1. The molecule has 3 rings (SSSR count). The van der Waals surface area contributed by atoms with Gasteiger partial charge in [-0.3, -0.25) is 19.2 Å². The lowest BCUT2D eigenvalue weighted by molar-refractivity contribution is -0.142. The highest BCUT2D eigenvalue weighted by Gasteiger charge is 2.37. The normalized spacial score (nSPS) is 13.6. The number of aromatic nitrogens is 1. The molecule has 0 saturated carbocycles. The monoisotopic (exact) mass is 769 g/mol. The first-order chi connectivity index (χ1) is 26.0. The van der Waals surface area contributed by atoms with Gasteiger partial charge < -0.3 is 46.7 Å². The second-order valence-electron chi connectivity index (χ2n) is 14.4. The summed E-state index contributed by atoms with van der Waals surface area (Å²) in [5, 5.41) is 29.8. The van der Waals surface area contributed by atoms with E-state index in [1.165, 1.54) is 4.90 Å². The van der Waals surface area contributed by atoms with Gasteiger partial charge in [0, 0.05) is 55.6 Å². The van der Waals surface area contributed by atoms with E-state index in [2.05, 4.69) is 21.3 Å². The molecule has 1 heterocycles. The highest BCUT2D eigenvalue weighted by molar-refractivity contribution is 5.87. The van der Waals surface area contributed by atoms with Crippen molar-refractivity contribution in [2.24, 2.45) is 11.1 Å². The zero-order valence-corrected chi connectivity index (χ0v) is 31.9. The Kier molecular flexibility index (Phi) is 16.5. The molecule has 4 amide bonds. The number of carboxylic acids is 1. The van der Waals surface area contributed by atoms with Crippen molar-refractivity contribution in [2.45, 2.75) is 77.7 Å². The van der Waals surface area contributed by atoms with Gasteiger partial charge in [-0.05, 0) is 62.1 Å². The van der Waals surface area contributed by atoms with Crippen LogP contribution in [0.5, 0.6) is 0 Å². The molecular formula is C39H53F2N7O7. The van der Waals surface area contributed by atoms with Crippen LogP contribution in [0, 0.1) is 17.0 Å². The standard InChI is InChI=1S/C39H53F2N7O7/c1-24(43-5)36(52)46-31(38(54)55)13-14-33(50)44-16-17-45-37(53)30(42)15-18-48(34(51)23-49)35(39(2,3)4)32-19-26(28-20-27(40)11-12-29(28)41)22-47(32)21-25-9-7-6-8-10-25/h6-12,19-20,22,24,30-31,35,43,49H,13-18,21,23,42H2,1-5H3,(H,44,50)(H,45,53)(H,46,52)(H,54,55)/t24-,30-,31-,35-/m0/s1. The summed E-state index contributed by atoms with van der Waals surface area (Å²) in [5.41, 5.74) is 7.53. The lowest BCUT2D eigenvalue weighted by atomic mass is 9.82. The van der Waals surface area contributed by atoms with E-state index < -0.39 is 77.4 Å². The Morgan fingerprint density at radius 1 is 0.945 bits per heavy atom. The molecule has 0 bridgehead atoms. The Bertz CT molecular complexity index is 1780. The van der Waals surface area contributed by atoms with E-state index in [4.69, 9.17) is 5.73 Å². The summed E-state index contributed by atoms with van der Waals surface area (Å²) < 4.78 is 31.2. The van der Waals surface area contributed by atoms with Crippen molar-refractivity contribution in [3.8, 4) is 11.1 Å². The summed E-state index contributed by atoms with van der Waals surface area (Å²) in [7, 11) is 1.56. The first-order valence-electron chi connectivity index (χ1n) is 18.1. The fourth-order valence-electron chi connectivity index (χ4n) is 6.08. The maximum absolute atomic E-state index is 15.0. The van der Waals surface area contributed by atoms with Gasteiger partial charge >= 0.3 is 5.97 Å². The zero-order valence-electron chi connectivity index (χ0n) is 31.9. The summed E-state index contributed by atoms with van der Waals surface area (Å²) in [6.07, 6.45) is 1.37. The molecule has 0 saturated heterocycles. The molecule has 3 aromatic rings. The molecule has 2 aromatic carbocycles. The average molecular weight is 770 g/mol. The molecule has 0 spiro atoms. The molecule has 14 nitrogen and oxygen atoms in total. The van der Waals surface area contributed by atoms with Crippen molar-refractivity contribution in [1.82, 2.24) is 30.7 Å². The average Bonchev–Trinajstić information content (AvgIpc) is 3.54. The van der Waals surface area contributed by atoms with Crippen LogP contribution < -0.4 is 27.0 Å². The molecular weight excluding hydrogens is 716 g/mol. The quantitative estimate of drug-likeness (QED) is 0.0841. The first kappa shape index (κ1) is 44.2. The van der Waals surface area contributed by atoms with E-state index in [-0.39, 0.29) is 44.5 Å². The van der Waals surface area contributed by atoms with Gasteiger partial charge in [-0.1, -0.05) is 51.1 Å². The number of aliphatic carboxylic acids is 1. The molecule has 1 aromatic heterocycles. The fourth-order valence-corrected chi connectivity index (χ4v) is 6.08. The Labute approximate surface area is 319 Å². The van der Waals surface area contributed by atoms with Gasteiger partial charge in [0.25, 0.3) is 0 Å². The van der Waals surface area contributed by atoms with Crippen molar-refractivity contribution in [1.29, 1.82) is 0 Å². The number of aliphatic hydroxyl groups is 1. The first-order valence-corrected chi connectivity index (χ1v) is 18.1. The lowest BCUT2D eigenvalue weighted by Gasteiger charge is -2.41. The minimum atomic E-state index is -1.27. The number of aliphatic hydroxyl groups excluding tert-OH is 1. The number of halogens is 2. The van der Waals surface area contributed by atoms with E-state index in [0.29, 0.717) is 17.8 Å². The smallest absolute Gasteiger partial charge is 0.326 e. The number of nitrogens with zero attached hydrogens (tertiary/aromatic N) is 2. The molecule has 300 valence electrons. The van der Waals surface area contributed by atoms with E-state index in [0.717, 1.165) is 23.8 Å². The Hall–Kier alpha value is -5.19. The number of hydrogen-bond acceptors (Lipinski definition) is 8. The molecule has 4 atom stereocenters. The van der Waals surface area contributed by atoms with E-state index in [1.807, 2.05) is 55.7 Å². The van der Waals surface area contributed by atoms with Gasteiger partial charge in [-0.15, -0.1) is 0 Å². The van der Waals surface area contributed by atoms with E-state index >= 15 is 4.39 Å². The summed E-state index contributed by atoms with van der Waals surface area (Å²) in [5.74, 6) is -4.68. The topological polar surface area (TPSA) is 208 Å². The maximum Gasteiger partial charge on any atom is 0.326 e. The van der Waals surface area contributed by atoms with Crippen LogP contribution in [0.3, 0.4) is 0 Å². The van der Waals surface area contributed by atoms with Crippen molar-refractivity contribution in [3.05, 3.63) is 83.7 Å². The number of benzene rings is 2. The number of carbonyl (C=O) groups excluding carboxylic acids is 4. The number of amides is 4. The predicted molar refractivity (Wildman–Crippen MR) is 202 cm³/mol. The molecule has 55 heavy (non-hydrogen) atoms. The van der Waals surface area contributed by atoms with Crippen LogP contribution in [0.4, 0.5) is 8.78 Å². The summed E-state index contributed by atoms with van der Waals surface area (Å²) in [4.78, 5) is 63.7. The summed E-state index contributed by atoms with van der Waals surface area (Å²) >= 11 is 0. The number of carbonyl (C=O) groups is 5. The Balaban J connectivity index is 1.71. The van der Waals surface area contributed by atoms with E-state index in [1.54, 1.807) is 26.2 Å². The summed E-state index contributed by atoms with van der Waals surface area (Å²) in [6, 6.07) is 10.7. The fraction of sp³-hybridized carbons (Fsp3) is 0.462. The second kappa shape index (κ2) is 20.5. The third-order valence-corrected chi connectivity index (χ3v) is 9.10. The minimum Gasteiger partial charge on any atom is -0.480 e. The van der Waals surface area contributed by atoms with Crippen LogP contribution in [0.15, 0.2) is 60.8 Å². The van der Waals surface area contributed by atoms with Gasteiger partial charge in [-0.2, -0.15) is 0 Å². The van der Waals surface area contributed by atoms with Gasteiger partial charge in [-0.25, -0.2) is 13.6 Å². The van der Waals surface area contributed by atoms with Crippen molar-refractivity contribution in [2.75, 3.05) is 33.3 Å². The van der Waals surface area contributed by atoms with Gasteiger partial charge in [0.1, 0.15) is 24.3 Å². The number of carboxylic acid groups (broad SMARTS) is 1. The molecule has 0 fully saturated rings. The second-order valence-corrected chi connectivity index (χ2v) is 14.4. The van der Waals surface area contributed by atoms with Gasteiger partial charge in [0.15, 0.2) is 0 Å². The maximum atomic E-state index is 15.0. The predicted octanol–water partition coefficient (Wildman–Crippen LogP) is 2.30. The van der Waals surface area contributed by atoms with Crippen LogP contribution >= 0.6 is 0 Å². The SMILES string of the molecule is CN[C@@H](C)C(=O)N[C@@H](CCC(=O)NCCNC(=O)[C@@H](N)CCN(C(=O)CO)[C@@H](c1cc(-c2cc(F)ccc2F)cn1Cc1ccccc1)C(C)(C)C)C(=O)O. The minimum absolute atomic E-state index is 0.00421. The van der Waals surface area contributed by atoms with Crippen molar-refractivity contribution < 1.29 is 43.0 Å². The van der Waals surface area contributed by atoms with Crippen molar-refractivity contribution in [3.63, 3.8) is 0 Å². The van der Waals surface area contributed by atoms with Gasteiger partial charge in [0.2, 0.25) is 23.6 Å². The van der Waals surface area contributed by atoms with Crippen LogP contribution in [-0.2, 0) is 30.5 Å². The Morgan fingerprint density at radius 3 is 2.24 bits per heavy atom. The lowest BCUT2D eigenvalue weighted by Crippen LogP contribution is -2.49. The third-order valence-electron chi connectivity index (χ3n) is 9.10. The Morgan fingerprint density at radius 2 is 1.62 bits per heavy atom. The van der Waals surface area contributed by atoms with Gasteiger partial charge in [0.05, 0.1) is 18.1 Å². The molecule has 16 heteroatoms. The zero-order chi connectivity index (χ0) is 40.9. The van der Waals surface area contributed by atoms with E-state index in [9.17, 15) is 38.6 Å². The highest BCUT2D eigenvalue weighted by Crippen LogP contribution is 2.41. The number of hydrogen-bond donors (Lipinski definition) is 7. The van der Waals surface area contributed by atoms with Crippen molar-refractivity contribution >= 4 is 29.6 Å². The molecule has 0 radical (unpaired) electrons. The summed E-state index contributed by atoms with van der Waals surface area (Å²) in [6.45, 7) is 6.78. The largest absolute Gasteiger partial charge is 0.480 e. The third kappa shape index (κ3) is 13.0. The number of likely N-dealkylation sites (N-methyl/N-ethyl adjacent to an activating group) is 1. The number of rotatable bonds is 20. The van der Waals surface area contributed by atoms with Crippen LogP contribution in [0.1, 0.15) is 64.3 Å². The molecule has 0 unspecified atom stereocenters. The molecule has 0 aliphatic heterocycles. The highest BCUT2D eigenvalue weighted by atomic mass is 19.1.